The van der Waals surface area contributed by atoms with E-state index in [1.807, 2.05) is 0 Å². The van der Waals surface area contributed by atoms with Crippen LogP contribution in [0.3, 0.4) is 0 Å². The molecule has 0 heterocycles. The first-order chi connectivity index (χ1) is 7.97. The predicted octanol–water partition coefficient (Wildman–Crippen LogP) is 3.12. The summed E-state index contributed by atoms with van der Waals surface area (Å²) in [6, 6.07) is 6.26. The summed E-state index contributed by atoms with van der Waals surface area (Å²) in [5.41, 5.74) is -0.0546. The molecule has 2 nitrogen and oxygen atoms in total. The van der Waals surface area contributed by atoms with Crippen LogP contribution in [-0.2, 0) is 16.8 Å². The molecule has 1 aromatic rings. The summed E-state index contributed by atoms with van der Waals surface area (Å²) in [5.74, 6) is 0. The van der Waals surface area contributed by atoms with Crippen LogP contribution in [-0.4, -0.2) is 12.3 Å². The van der Waals surface area contributed by atoms with E-state index in [4.69, 9.17) is 0 Å². The zero-order valence-corrected chi connectivity index (χ0v) is 8.92. The summed E-state index contributed by atoms with van der Waals surface area (Å²) in [5, 5.41) is 0. The molecule has 5 heteroatoms. The third kappa shape index (κ3) is 2.56. The molecule has 1 aliphatic rings. The van der Waals surface area contributed by atoms with Gasteiger partial charge in [0.15, 0.2) is 0 Å². The summed E-state index contributed by atoms with van der Waals surface area (Å²) >= 11 is 0. The minimum Gasteiger partial charge on any atom is -0.211 e. The van der Waals surface area contributed by atoms with Gasteiger partial charge in [-0.05, 0) is 24.0 Å². The Morgan fingerprint density at radius 2 is 1.94 bits per heavy atom. The fourth-order valence-electron chi connectivity index (χ4n) is 1.99. The van der Waals surface area contributed by atoms with E-state index in [2.05, 4.69) is 4.99 Å². The molecule has 0 saturated heterocycles. The summed E-state index contributed by atoms with van der Waals surface area (Å²) in [6.07, 6.45) is -2.57. The summed E-state index contributed by atoms with van der Waals surface area (Å²) in [4.78, 5) is 14.0. The average molecular weight is 241 g/mol. The number of halogens is 3. The van der Waals surface area contributed by atoms with Crippen molar-refractivity contribution in [3.63, 3.8) is 0 Å². The molecule has 1 saturated carbocycles. The number of rotatable bonds is 3. The molecule has 0 N–H and O–H groups in total. The fourth-order valence-corrected chi connectivity index (χ4v) is 1.99. The van der Waals surface area contributed by atoms with Crippen LogP contribution >= 0.6 is 0 Å². The predicted molar refractivity (Wildman–Crippen MR) is 55.2 cm³/mol. The van der Waals surface area contributed by atoms with Gasteiger partial charge in [-0.1, -0.05) is 24.3 Å². The first-order valence-corrected chi connectivity index (χ1v) is 5.21. The van der Waals surface area contributed by atoms with E-state index in [1.54, 1.807) is 18.2 Å². The minimum absolute atomic E-state index is 0.191. The van der Waals surface area contributed by atoms with Crippen LogP contribution in [0.5, 0.6) is 0 Å². The lowest BCUT2D eigenvalue weighted by atomic mass is 9.96. The van der Waals surface area contributed by atoms with E-state index >= 15 is 0 Å². The molecule has 0 aromatic heterocycles. The van der Waals surface area contributed by atoms with Gasteiger partial charge in [-0.3, -0.25) is 0 Å². The van der Waals surface area contributed by atoms with Crippen LogP contribution in [0.15, 0.2) is 29.3 Å². The molecule has 17 heavy (non-hydrogen) atoms. The van der Waals surface area contributed by atoms with E-state index < -0.39 is 18.1 Å². The van der Waals surface area contributed by atoms with Gasteiger partial charge in [0.2, 0.25) is 6.08 Å². The molecule has 0 amide bonds. The van der Waals surface area contributed by atoms with Gasteiger partial charge in [-0.25, -0.2) is 4.79 Å². The number of nitrogens with zero attached hydrogens (tertiary/aromatic N) is 1. The van der Waals surface area contributed by atoms with Crippen molar-refractivity contribution in [2.24, 2.45) is 4.99 Å². The number of carbonyl (C=O) groups excluding carboxylic acids is 1. The molecule has 0 bridgehead atoms. The zero-order valence-electron chi connectivity index (χ0n) is 8.92. The van der Waals surface area contributed by atoms with Crippen LogP contribution in [0.1, 0.15) is 24.0 Å². The molecule has 1 aliphatic carbocycles. The van der Waals surface area contributed by atoms with E-state index in [1.165, 1.54) is 12.1 Å². The Kier molecular flexibility index (Phi) is 2.79. The number of benzene rings is 1. The van der Waals surface area contributed by atoms with Gasteiger partial charge in [0, 0.05) is 0 Å². The molecule has 2 rings (SSSR count). The van der Waals surface area contributed by atoms with Crippen molar-refractivity contribution in [1.82, 2.24) is 0 Å². The molecule has 90 valence electrons. The molecule has 1 fully saturated rings. The lowest BCUT2D eigenvalue weighted by Gasteiger charge is -2.15. The fraction of sp³-hybridized carbons (Fsp3) is 0.417. The standard InChI is InChI=1S/C12H10F3NO/c13-12(14,15)7-9-3-1-2-4-10(9)11(5-6-11)16-8-17/h1-4H,5-7H2. The maximum Gasteiger partial charge on any atom is 0.393 e. The molecule has 0 atom stereocenters. The average Bonchev–Trinajstić information content (AvgIpc) is 2.98. The number of aliphatic imine (C=N–C) groups is 1. The van der Waals surface area contributed by atoms with Crippen molar-refractivity contribution >= 4 is 6.08 Å². The molecular formula is C12H10F3NO. The summed E-state index contributed by atoms with van der Waals surface area (Å²) in [6.45, 7) is 0. The van der Waals surface area contributed by atoms with Crippen LogP contribution in [0.4, 0.5) is 13.2 Å². The van der Waals surface area contributed by atoms with Gasteiger partial charge in [-0.2, -0.15) is 18.2 Å². The molecule has 0 unspecified atom stereocenters. The van der Waals surface area contributed by atoms with Gasteiger partial charge < -0.3 is 0 Å². The highest BCUT2D eigenvalue weighted by Crippen LogP contribution is 2.50. The maximum absolute atomic E-state index is 12.4. The zero-order chi connectivity index (χ0) is 12.5. The topological polar surface area (TPSA) is 29.4 Å². The Morgan fingerprint density at radius 3 is 2.47 bits per heavy atom. The van der Waals surface area contributed by atoms with Crippen LogP contribution in [0, 0.1) is 0 Å². The maximum atomic E-state index is 12.4. The van der Waals surface area contributed by atoms with Crippen molar-refractivity contribution in [3.05, 3.63) is 35.4 Å². The Labute approximate surface area is 96.2 Å². The monoisotopic (exact) mass is 241 g/mol. The smallest absolute Gasteiger partial charge is 0.211 e. The quantitative estimate of drug-likeness (QED) is 0.590. The van der Waals surface area contributed by atoms with Gasteiger partial charge >= 0.3 is 6.18 Å². The molecule has 0 spiro atoms. The second-order valence-corrected chi connectivity index (χ2v) is 4.18. The normalized spacial score (nSPS) is 17.4. The van der Waals surface area contributed by atoms with Gasteiger partial charge in [0.1, 0.15) is 0 Å². The van der Waals surface area contributed by atoms with Crippen molar-refractivity contribution in [2.45, 2.75) is 31.0 Å². The Balaban J connectivity index is 2.38. The molecular weight excluding hydrogens is 231 g/mol. The van der Waals surface area contributed by atoms with Crippen molar-refractivity contribution in [3.8, 4) is 0 Å². The number of isocyanates is 1. The highest BCUT2D eigenvalue weighted by Gasteiger charge is 2.46. The van der Waals surface area contributed by atoms with Crippen molar-refractivity contribution in [1.29, 1.82) is 0 Å². The number of hydrogen-bond donors (Lipinski definition) is 0. The van der Waals surface area contributed by atoms with Crippen LogP contribution < -0.4 is 0 Å². The van der Waals surface area contributed by atoms with Gasteiger partial charge in [0.05, 0.1) is 12.0 Å². The summed E-state index contributed by atoms with van der Waals surface area (Å²) < 4.78 is 37.2. The highest BCUT2D eigenvalue weighted by molar-refractivity contribution is 5.44. The molecule has 0 aliphatic heterocycles. The SMILES string of the molecule is O=C=NC1(c2ccccc2CC(F)(F)F)CC1. The second-order valence-electron chi connectivity index (χ2n) is 4.18. The lowest BCUT2D eigenvalue weighted by Crippen LogP contribution is -2.16. The first-order valence-electron chi connectivity index (χ1n) is 5.21. The Hall–Kier alpha value is -1.61. The first kappa shape index (κ1) is 11.9. The van der Waals surface area contributed by atoms with Gasteiger partial charge in [-0.15, -0.1) is 0 Å². The van der Waals surface area contributed by atoms with E-state index in [-0.39, 0.29) is 5.56 Å². The second kappa shape index (κ2) is 4.00. The highest BCUT2D eigenvalue weighted by atomic mass is 19.4. The van der Waals surface area contributed by atoms with E-state index in [0.717, 1.165) is 0 Å². The lowest BCUT2D eigenvalue weighted by molar-refractivity contribution is -0.127. The molecule has 1 aromatic carbocycles. The van der Waals surface area contributed by atoms with Crippen molar-refractivity contribution < 1.29 is 18.0 Å². The minimum atomic E-state index is -4.25. The number of hydrogen-bond acceptors (Lipinski definition) is 2. The van der Waals surface area contributed by atoms with E-state index in [0.29, 0.717) is 18.4 Å². The number of alkyl halides is 3. The third-order valence-corrected chi connectivity index (χ3v) is 2.89. The van der Waals surface area contributed by atoms with Gasteiger partial charge in [0.25, 0.3) is 0 Å². The van der Waals surface area contributed by atoms with Crippen LogP contribution in [0.2, 0.25) is 0 Å². The molecule has 0 radical (unpaired) electrons. The summed E-state index contributed by atoms with van der Waals surface area (Å²) in [7, 11) is 0. The third-order valence-electron chi connectivity index (χ3n) is 2.89. The van der Waals surface area contributed by atoms with Crippen LogP contribution in [0.25, 0.3) is 0 Å². The Bertz CT molecular complexity index is 471. The van der Waals surface area contributed by atoms with Crippen molar-refractivity contribution in [2.75, 3.05) is 0 Å². The largest absolute Gasteiger partial charge is 0.393 e. The Morgan fingerprint density at radius 1 is 1.29 bits per heavy atom. The van der Waals surface area contributed by atoms with E-state index in [9.17, 15) is 18.0 Å².